The number of anilines is 2. The lowest BCUT2D eigenvalue weighted by Gasteiger charge is -2.16. The fourth-order valence-corrected chi connectivity index (χ4v) is 3.20. The number of benzene rings is 1. The number of halogens is 2. The summed E-state index contributed by atoms with van der Waals surface area (Å²) in [6.45, 7) is 1.57. The summed E-state index contributed by atoms with van der Waals surface area (Å²) in [6.07, 6.45) is 3.84. The minimum absolute atomic E-state index is 0.0152. The van der Waals surface area contributed by atoms with Crippen LogP contribution in [0.3, 0.4) is 0 Å². The largest absolute Gasteiger partial charge is 0.487 e. The fraction of sp³-hybridized carbons (Fsp3) is 0.190. The van der Waals surface area contributed by atoms with E-state index in [9.17, 15) is 13.6 Å². The summed E-state index contributed by atoms with van der Waals surface area (Å²) < 4.78 is 34.2. The smallest absolute Gasteiger partial charge is 0.276 e. The maximum absolute atomic E-state index is 14.1. The molecule has 0 radical (unpaired) electrons. The molecule has 30 heavy (non-hydrogen) atoms. The van der Waals surface area contributed by atoms with Crippen LogP contribution in [0.1, 0.15) is 16.9 Å². The molecule has 1 amide bonds. The van der Waals surface area contributed by atoms with Crippen molar-refractivity contribution in [1.82, 2.24) is 15.3 Å². The molecule has 1 fully saturated rings. The number of carbonyl (C=O) groups excluding carboxylic acids is 1. The quantitative estimate of drug-likeness (QED) is 0.597. The number of rotatable bonds is 5. The summed E-state index contributed by atoms with van der Waals surface area (Å²) in [5, 5.41) is 5.87. The minimum atomic E-state index is -0.785. The van der Waals surface area contributed by atoms with Crippen LogP contribution >= 0.6 is 0 Å². The molecular formula is C21H19F2N5O2. The minimum Gasteiger partial charge on any atom is -0.487 e. The van der Waals surface area contributed by atoms with Gasteiger partial charge in [-0.3, -0.25) is 9.78 Å². The van der Waals surface area contributed by atoms with Crippen molar-refractivity contribution >= 4 is 17.3 Å². The first-order valence-electron chi connectivity index (χ1n) is 9.36. The zero-order valence-corrected chi connectivity index (χ0v) is 15.9. The Bertz CT molecular complexity index is 1070. The summed E-state index contributed by atoms with van der Waals surface area (Å²) >= 11 is 0. The normalized spacial score (nSPS) is 15.7. The van der Waals surface area contributed by atoms with E-state index < -0.39 is 17.5 Å². The van der Waals surface area contributed by atoms with Gasteiger partial charge in [-0.2, -0.15) is 0 Å². The summed E-state index contributed by atoms with van der Waals surface area (Å²) in [6, 6.07) is 7.88. The monoisotopic (exact) mass is 411 g/mol. The van der Waals surface area contributed by atoms with E-state index in [0.717, 1.165) is 25.1 Å². The Morgan fingerprint density at radius 3 is 2.73 bits per heavy atom. The maximum atomic E-state index is 14.1. The molecule has 1 atom stereocenters. The summed E-state index contributed by atoms with van der Waals surface area (Å²) in [7, 11) is 0. The Hall–Kier alpha value is -3.59. The number of amides is 1. The predicted octanol–water partition coefficient (Wildman–Crippen LogP) is 3.00. The van der Waals surface area contributed by atoms with E-state index in [0.29, 0.717) is 18.0 Å². The third-order valence-corrected chi connectivity index (χ3v) is 4.70. The lowest BCUT2D eigenvalue weighted by atomic mass is 10.1. The molecule has 4 rings (SSSR count). The topological polar surface area (TPSA) is 102 Å². The number of nitrogen functional groups attached to an aromatic ring is 1. The van der Waals surface area contributed by atoms with Crippen molar-refractivity contribution in [2.24, 2.45) is 0 Å². The van der Waals surface area contributed by atoms with E-state index >= 15 is 0 Å². The Labute approximate surface area is 171 Å². The second-order valence-electron chi connectivity index (χ2n) is 6.79. The van der Waals surface area contributed by atoms with Gasteiger partial charge in [0.2, 0.25) is 0 Å². The SMILES string of the molecule is Nc1ccc(-c2c(F)cccc2F)nc1C(=O)Nc1cnccc1O[C@@H]1CCNC1. The molecule has 1 aliphatic heterocycles. The number of pyridine rings is 2. The molecule has 1 saturated heterocycles. The summed E-state index contributed by atoms with van der Waals surface area (Å²) in [5.74, 6) is -1.76. The van der Waals surface area contributed by atoms with E-state index in [1.54, 1.807) is 12.3 Å². The summed E-state index contributed by atoms with van der Waals surface area (Å²) in [5.41, 5.74) is 5.79. The van der Waals surface area contributed by atoms with Gasteiger partial charge < -0.3 is 21.1 Å². The van der Waals surface area contributed by atoms with Gasteiger partial charge in [-0.05, 0) is 37.2 Å². The molecule has 3 aromatic rings. The van der Waals surface area contributed by atoms with Crippen molar-refractivity contribution in [1.29, 1.82) is 0 Å². The van der Waals surface area contributed by atoms with Gasteiger partial charge in [-0.25, -0.2) is 13.8 Å². The second-order valence-corrected chi connectivity index (χ2v) is 6.79. The highest BCUT2D eigenvalue weighted by Gasteiger charge is 2.21. The number of nitrogens with zero attached hydrogens (tertiary/aromatic N) is 2. The van der Waals surface area contributed by atoms with Gasteiger partial charge in [0.05, 0.1) is 23.1 Å². The standard InChI is InChI=1S/C21H19F2N5O2/c22-13-2-1-3-14(23)19(13)16-5-4-15(24)20(27-16)21(29)28-17-11-26-9-7-18(17)30-12-6-8-25-10-12/h1-5,7,9,11-12,25H,6,8,10,24H2,(H,28,29)/t12-/m1/s1. The number of nitrogens with one attached hydrogen (secondary N) is 2. The fourth-order valence-electron chi connectivity index (χ4n) is 3.20. The van der Waals surface area contributed by atoms with Crippen LogP contribution in [-0.4, -0.2) is 35.1 Å². The molecule has 0 spiro atoms. The third kappa shape index (κ3) is 4.06. The Morgan fingerprint density at radius 2 is 2.00 bits per heavy atom. The van der Waals surface area contributed by atoms with Gasteiger partial charge in [-0.15, -0.1) is 0 Å². The molecule has 1 aliphatic rings. The van der Waals surface area contributed by atoms with E-state index in [1.807, 2.05) is 0 Å². The van der Waals surface area contributed by atoms with E-state index in [2.05, 4.69) is 20.6 Å². The molecule has 0 bridgehead atoms. The maximum Gasteiger partial charge on any atom is 0.276 e. The third-order valence-electron chi connectivity index (χ3n) is 4.70. The molecule has 0 aliphatic carbocycles. The Morgan fingerprint density at radius 1 is 1.20 bits per heavy atom. The van der Waals surface area contributed by atoms with E-state index in [-0.39, 0.29) is 28.7 Å². The highest BCUT2D eigenvalue weighted by atomic mass is 19.1. The molecule has 0 saturated carbocycles. The highest BCUT2D eigenvalue weighted by Crippen LogP contribution is 2.28. The predicted molar refractivity (Wildman–Crippen MR) is 108 cm³/mol. The van der Waals surface area contributed by atoms with Gasteiger partial charge in [0, 0.05) is 18.8 Å². The van der Waals surface area contributed by atoms with Gasteiger partial charge in [0.1, 0.15) is 29.2 Å². The van der Waals surface area contributed by atoms with Crippen LogP contribution in [0.25, 0.3) is 11.3 Å². The van der Waals surface area contributed by atoms with Crippen LogP contribution in [0.4, 0.5) is 20.2 Å². The molecule has 3 heterocycles. The molecule has 154 valence electrons. The van der Waals surface area contributed by atoms with Gasteiger partial charge >= 0.3 is 0 Å². The van der Waals surface area contributed by atoms with Crippen molar-refractivity contribution in [3.8, 4) is 17.0 Å². The number of hydrogen-bond acceptors (Lipinski definition) is 6. The molecule has 7 nitrogen and oxygen atoms in total. The van der Waals surface area contributed by atoms with Crippen LogP contribution < -0.4 is 21.1 Å². The number of nitrogens with two attached hydrogens (primary N) is 1. The highest BCUT2D eigenvalue weighted by molar-refractivity contribution is 6.07. The second kappa shape index (κ2) is 8.42. The zero-order valence-electron chi connectivity index (χ0n) is 15.9. The van der Waals surface area contributed by atoms with Gasteiger partial charge in [-0.1, -0.05) is 6.07 Å². The molecular weight excluding hydrogens is 392 g/mol. The Balaban J connectivity index is 1.62. The lowest BCUT2D eigenvalue weighted by molar-refractivity contribution is 0.102. The van der Waals surface area contributed by atoms with Gasteiger partial charge in [0.25, 0.3) is 5.91 Å². The number of carbonyl (C=O) groups is 1. The van der Waals surface area contributed by atoms with Crippen LogP contribution in [-0.2, 0) is 0 Å². The van der Waals surface area contributed by atoms with Crippen LogP contribution in [0.15, 0.2) is 48.8 Å². The first kappa shape index (κ1) is 19.7. The zero-order chi connectivity index (χ0) is 21.1. The molecule has 1 aromatic carbocycles. The van der Waals surface area contributed by atoms with Gasteiger partial charge in [0.15, 0.2) is 5.69 Å². The molecule has 2 aromatic heterocycles. The average molecular weight is 411 g/mol. The first-order valence-corrected chi connectivity index (χ1v) is 9.36. The Kier molecular flexibility index (Phi) is 5.53. The van der Waals surface area contributed by atoms with E-state index in [4.69, 9.17) is 10.5 Å². The average Bonchev–Trinajstić information content (AvgIpc) is 3.23. The van der Waals surface area contributed by atoms with E-state index in [1.165, 1.54) is 24.4 Å². The lowest BCUT2D eigenvalue weighted by Crippen LogP contribution is -2.21. The number of hydrogen-bond donors (Lipinski definition) is 3. The molecule has 9 heteroatoms. The summed E-state index contributed by atoms with van der Waals surface area (Å²) in [4.78, 5) is 21.0. The number of ether oxygens (including phenoxy) is 1. The van der Waals surface area contributed by atoms with Crippen LogP contribution in [0, 0.1) is 11.6 Å². The first-order chi connectivity index (χ1) is 14.5. The van der Waals surface area contributed by atoms with Crippen LogP contribution in [0.2, 0.25) is 0 Å². The molecule has 4 N–H and O–H groups in total. The van der Waals surface area contributed by atoms with Crippen LogP contribution in [0.5, 0.6) is 5.75 Å². The molecule has 0 unspecified atom stereocenters. The van der Waals surface area contributed by atoms with Crippen molar-refractivity contribution in [2.45, 2.75) is 12.5 Å². The van der Waals surface area contributed by atoms with Crippen molar-refractivity contribution in [2.75, 3.05) is 24.1 Å². The number of aromatic nitrogens is 2. The van der Waals surface area contributed by atoms with Crippen molar-refractivity contribution < 1.29 is 18.3 Å². The van der Waals surface area contributed by atoms with Crippen molar-refractivity contribution in [3.05, 3.63) is 66.1 Å². The van der Waals surface area contributed by atoms with Crippen molar-refractivity contribution in [3.63, 3.8) is 0 Å².